The van der Waals surface area contributed by atoms with Gasteiger partial charge in [0.15, 0.2) is 0 Å². The predicted molar refractivity (Wildman–Crippen MR) is 63.0 cm³/mol. The molecule has 0 saturated heterocycles. The van der Waals surface area contributed by atoms with E-state index in [9.17, 15) is 4.79 Å². The molecule has 0 aromatic carbocycles. The van der Waals surface area contributed by atoms with Crippen LogP contribution in [0.15, 0.2) is 0 Å². The molecule has 0 aliphatic carbocycles. The van der Waals surface area contributed by atoms with Gasteiger partial charge in [0.05, 0.1) is 6.54 Å². The molecule has 0 aliphatic rings. The van der Waals surface area contributed by atoms with Crippen molar-refractivity contribution in [3.05, 3.63) is 0 Å². The second-order valence-corrected chi connectivity index (χ2v) is 4.13. The lowest BCUT2D eigenvalue weighted by Crippen LogP contribution is -2.39. The van der Waals surface area contributed by atoms with Crippen LogP contribution in [0.5, 0.6) is 0 Å². The molecule has 0 aromatic heterocycles. The summed E-state index contributed by atoms with van der Waals surface area (Å²) in [5.41, 5.74) is 0. The molecule has 0 aliphatic heterocycles. The van der Waals surface area contributed by atoms with E-state index in [1.807, 2.05) is 33.1 Å². The summed E-state index contributed by atoms with van der Waals surface area (Å²) in [5, 5.41) is 5.93. The zero-order chi connectivity index (χ0) is 11.7. The summed E-state index contributed by atoms with van der Waals surface area (Å²) in [7, 11) is 8.00. The molecule has 5 heteroatoms. The molecular formula is C10H24N4O. The average molecular weight is 216 g/mol. The first-order chi connectivity index (χ1) is 7.02. The normalized spacial score (nSPS) is 11.1. The Morgan fingerprint density at radius 3 is 2.07 bits per heavy atom. The van der Waals surface area contributed by atoms with Crippen molar-refractivity contribution >= 4 is 5.91 Å². The quantitative estimate of drug-likeness (QED) is 0.501. The number of hydrogen-bond acceptors (Lipinski definition) is 4. The van der Waals surface area contributed by atoms with Crippen LogP contribution in [0.2, 0.25) is 0 Å². The van der Waals surface area contributed by atoms with Gasteiger partial charge >= 0.3 is 0 Å². The Hall–Kier alpha value is -0.650. The summed E-state index contributed by atoms with van der Waals surface area (Å²) < 4.78 is 0. The second kappa shape index (κ2) is 8.64. The molecule has 0 unspecified atom stereocenters. The fraction of sp³-hybridized carbons (Fsp3) is 0.900. The van der Waals surface area contributed by atoms with Crippen LogP contribution in [0.1, 0.15) is 0 Å². The molecule has 0 aromatic rings. The van der Waals surface area contributed by atoms with Crippen molar-refractivity contribution < 1.29 is 4.79 Å². The zero-order valence-corrected chi connectivity index (χ0v) is 10.3. The van der Waals surface area contributed by atoms with E-state index in [2.05, 4.69) is 15.5 Å². The van der Waals surface area contributed by atoms with Crippen LogP contribution in [0.25, 0.3) is 0 Å². The third kappa shape index (κ3) is 11.3. The third-order valence-electron chi connectivity index (χ3n) is 1.90. The Balaban J connectivity index is 3.26. The summed E-state index contributed by atoms with van der Waals surface area (Å²) in [4.78, 5) is 15.4. The second-order valence-electron chi connectivity index (χ2n) is 4.13. The highest BCUT2D eigenvalue weighted by Crippen LogP contribution is 1.73. The van der Waals surface area contributed by atoms with E-state index in [0.29, 0.717) is 13.1 Å². The Morgan fingerprint density at radius 2 is 1.53 bits per heavy atom. The van der Waals surface area contributed by atoms with Crippen molar-refractivity contribution in [3.8, 4) is 0 Å². The highest BCUT2D eigenvalue weighted by Gasteiger charge is 1.99. The topological polar surface area (TPSA) is 47.6 Å². The van der Waals surface area contributed by atoms with Gasteiger partial charge in [-0.05, 0) is 28.2 Å². The van der Waals surface area contributed by atoms with Crippen LogP contribution < -0.4 is 10.6 Å². The molecule has 0 radical (unpaired) electrons. The molecule has 0 spiro atoms. The molecule has 2 N–H and O–H groups in total. The van der Waals surface area contributed by atoms with Gasteiger partial charge in [-0.1, -0.05) is 0 Å². The SMILES string of the molecule is CN(C)CCNCC(=O)NCCN(C)C. The van der Waals surface area contributed by atoms with Gasteiger partial charge in [-0.2, -0.15) is 0 Å². The lowest BCUT2D eigenvalue weighted by atomic mass is 10.5. The standard InChI is InChI=1S/C10H24N4O/c1-13(2)7-5-11-9-10(15)12-6-8-14(3)4/h11H,5-9H2,1-4H3,(H,12,15). The van der Waals surface area contributed by atoms with Gasteiger partial charge in [0.2, 0.25) is 5.91 Å². The number of rotatable bonds is 8. The zero-order valence-electron chi connectivity index (χ0n) is 10.3. The number of carbonyl (C=O) groups excluding carboxylic acids is 1. The third-order valence-corrected chi connectivity index (χ3v) is 1.90. The molecule has 15 heavy (non-hydrogen) atoms. The summed E-state index contributed by atoms with van der Waals surface area (Å²) in [6.45, 7) is 3.78. The number of carbonyl (C=O) groups is 1. The van der Waals surface area contributed by atoms with Crippen LogP contribution in [0, 0.1) is 0 Å². The largest absolute Gasteiger partial charge is 0.354 e. The Bertz CT molecular complexity index is 171. The van der Waals surface area contributed by atoms with Gasteiger partial charge in [-0.15, -0.1) is 0 Å². The maximum atomic E-state index is 11.3. The number of likely N-dealkylation sites (N-methyl/N-ethyl adjacent to an activating group) is 2. The summed E-state index contributed by atoms with van der Waals surface area (Å²) >= 11 is 0. The van der Waals surface area contributed by atoms with Crippen molar-refractivity contribution in [3.63, 3.8) is 0 Å². The molecule has 0 bridgehead atoms. The smallest absolute Gasteiger partial charge is 0.234 e. The van der Waals surface area contributed by atoms with Crippen LogP contribution in [-0.2, 0) is 4.79 Å². The maximum absolute atomic E-state index is 11.3. The first-order valence-electron chi connectivity index (χ1n) is 5.29. The first-order valence-corrected chi connectivity index (χ1v) is 5.29. The molecule has 0 fully saturated rings. The van der Waals surface area contributed by atoms with Gasteiger partial charge in [0, 0.05) is 26.2 Å². The van der Waals surface area contributed by atoms with Gasteiger partial charge in [0.1, 0.15) is 0 Å². The van der Waals surface area contributed by atoms with E-state index in [0.717, 1.165) is 19.6 Å². The van der Waals surface area contributed by atoms with Crippen molar-refractivity contribution in [1.82, 2.24) is 20.4 Å². The minimum absolute atomic E-state index is 0.0654. The lowest BCUT2D eigenvalue weighted by Gasteiger charge is -2.12. The van der Waals surface area contributed by atoms with Gasteiger partial charge in [-0.3, -0.25) is 4.79 Å². The van der Waals surface area contributed by atoms with Crippen molar-refractivity contribution in [2.45, 2.75) is 0 Å². The molecule has 0 saturated carbocycles. The van der Waals surface area contributed by atoms with Gasteiger partial charge < -0.3 is 20.4 Å². The van der Waals surface area contributed by atoms with E-state index in [4.69, 9.17) is 0 Å². The van der Waals surface area contributed by atoms with Crippen LogP contribution in [0.4, 0.5) is 0 Å². The molecule has 1 amide bonds. The molecule has 5 nitrogen and oxygen atoms in total. The van der Waals surface area contributed by atoms with Crippen molar-refractivity contribution in [2.75, 3.05) is 60.9 Å². The highest BCUT2D eigenvalue weighted by molar-refractivity contribution is 5.77. The van der Waals surface area contributed by atoms with Crippen LogP contribution in [0.3, 0.4) is 0 Å². The number of nitrogens with one attached hydrogen (secondary N) is 2. The van der Waals surface area contributed by atoms with Crippen molar-refractivity contribution in [1.29, 1.82) is 0 Å². The van der Waals surface area contributed by atoms with Crippen LogP contribution in [-0.4, -0.2) is 76.6 Å². The van der Waals surface area contributed by atoms with Gasteiger partial charge in [-0.25, -0.2) is 0 Å². The molecule has 0 atom stereocenters. The minimum atomic E-state index is 0.0654. The maximum Gasteiger partial charge on any atom is 0.234 e. The molecule has 90 valence electrons. The van der Waals surface area contributed by atoms with E-state index >= 15 is 0 Å². The Kier molecular flexibility index (Phi) is 8.27. The fourth-order valence-electron chi connectivity index (χ4n) is 0.986. The summed E-state index contributed by atoms with van der Waals surface area (Å²) in [5.74, 6) is 0.0654. The first kappa shape index (κ1) is 14.3. The summed E-state index contributed by atoms with van der Waals surface area (Å²) in [6.07, 6.45) is 0. The Labute approximate surface area is 92.8 Å². The number of nitrogens with zero attached hydrogens (tertiary/aromatic N) is 2. The minimum Gasteiger partial charge on any atom is -0.354 e. The molecule has 0 heterocycles. The lowest BCUT2D eigenvalue weighted by molar-refractivity contribution is -0.120. The average Bonchev–Trinajstić information content (AvgIpc) is 2.11. The van der Waals surface area contributed by atoms with Crippen molar-refractivity contribution in [2.24, 2.45) is 0 Å². The Morgan fingerprint density at radius 1 is 1.00 bits per heavy atom. The molecule has 0 rings (SSSR count). The van der Waals surface area contributed by atoms with E-state index in [1.165, 1.54) is 0 Å². The molecular weight excluding hydrogens is 192 g/mol. The monoisotopic (exact) mass is 216 g/mol. The highest BCUT2D eigenvalue weighted by atomic mass is 16.1. The number of amides is 1. The van der Waals surface area contributed by atoms with Crippen LogP contribution >= 0.6 is 0 Å². The van der Waals surface area contributed by atoms with Gasteiger partial charge in [0.25, 0.3) is 0 Å². The fourth-order valence-corrected chi connectivity index (χ4v) is 0.986. The van der Waals surface area contributed by atoms with E-state index < -0.39 is 0 Å². The number of hydrogen-bond donors (Lipinski definition) is 2. The van der Waals surface area contributed by atoms with E-state index in [1.54, 1.807) is 0 Å². The predicted octanol–water partition coefficient (Wildman–Crippen LogP) is -1.18. The van der Waals surface area contributed by atoms with E-state index in [-0.39, 0.29) is 5.91 Å². The summed E-state index contributed by atoms with van der Waals surface area (Å²) in [6, 6.07) is 0.